The monoisotopic (exact) mass is 610 g/mol. The maximum atomic E-state index is 13.5. The first-order chi connectivity index (χ1) is 19.5. The lowest BCUT2D eigenvalue weighted by molar-refractivity contribution is -0.153. The van der Waals surface area contributed by atoms with Gasteiger partial charge in [0.1, 0.15) is 24.7 Å². The van der Waals surface area contributed by atoms with Crippen LogP contribution in [0, 0.1) is 12.8 Å². The van der Waals surface area contributed by atoms with E-state index >= 15 is 0 Å². The van der Waals surface area contributed by atoms with E-state index in [1.165, 1.54) is 6.07 Å². The Kier molecular flexibility index (Phi) is 10.3. The molecule has 0 fully saturated rings. The Bertz CT molecular complexity index is 1330. The minimum atomic E-state index is -4.42. The highest BCUT2D eigenvalue weighted by atomic mass is 35.5. The zero-order chi connectivity index (χ0) is 29.6. The number of alkyl halides is 3. The van der Waals surface area contributed by atoms with Gasteiger partial charge in [-0.15, -0.1) is 0 Å². The minimum absolute atomic E-state index is 0.122. The third kappa shape index (κ3) is 8.44. The fourth-order valence-electron chi connectivity index (χ4n) is 4.68. The van der Waals surface area contributed by atoms with Gasteiger partial charge >= 0.3 is 6.18 Å². The summed E-state index contributed by atoms with van der Waals surface area (Å²) in [7, 11) is 0. The zero-order valence-electron chi connectivity index (χ0n) is 22.5. The molecule has 3 aromatic carbocycles. The predicted molar refractivity (Wildman–Crippen MR) is 154 cm³/mol. The topological polar surface area (TPSA) is 74.0 Å². The first-order valence-electron chi connectivity index (χ1n) is 13.2. The maximum absolute atomic E-state index is 13.5. The molecule has 0 spiro atoms. The van der Waals surface area contributed by atoms with Gasteiger partial charge in [0.05, 0.1) is 16.0 Å². The Morgan fingerprint density at radius 2 is 1.63 bits per heavy atom. The zero-order valence-corrected chi connectivity index (χ0v) is 24.0. The molecule has 11 heteroatoms. The summed E-state index contributed by atoms with van der Waals surface area (Å²) in [6, 6.07) is 15.6. The van der Waals surface area contributed by atoms with Crippen molar-refractivity contribution >= 4 is 34.8 Å². The van der Waals surface area contributed by atoms with Crippen LogP contribution in [0.1, 0.15) is 23.1 Å². The van der Waals surface area contributed by atoms with Crippen molar-refractivity contribution in [2.45, 2.75) is 32.4 Å². The Morgan fingerprint density at radius 1 is 0.976 bits per heavy atom. The highest BCUT2D eigenvalue weighted by Crippen LogP contribution is 2.34. The molecule has 3 aromatic rings. The fourth-order valence-corrected chi connectivity index (χ4v) is 5.39. The highest BCUT2D eigenvalue weighted by molar-refractivity contribution is 6.37. The molecule has 0 aromatic heterocycles. The predicted octanol–water partition coefficient (Wildman–Crippen LogP) is 6.80. The van der Waals surface area contributed by atoms with Crippen LogP contribution in [-0.2, 0) is 17.6 Å². The molecule has 1 aliphatic rings. The van der Waals surface area contributed by atoms with Gasteiger partial charge in [-0.25, -0.2) is 0 Å². The smallest absolute Gasteiger partial charge is 0.422 e. The number of hydrogen-bond donors (Lipinski definition) is 1. The van der Waals surface area contributed by atoms with Gasteiger partial charge in [0.2, 0.25) is 5.91 Å². The van der Waals surface area contributed by atoms with Crippen LogP contribution in [0.2, 0.25) is 10.0 Å². The number of halogens is 5. The normalized spacial score (nSPS) is 13.9. The number of aryl methyl sites for hydroxylation is 2. The molecular weight excluding hydrogens is 580 g/mol. The van der Waals surface area contributed by atoms with Gasteiger partial charge in [-0.05, 0) is 85.3 Å². The summed E-state index contributed by atoms with van der Waals surface area (Å²) >= 11 is 12.4. The van der Waals surface area contributed by atoms with Crippen LogP contribution in [0.5, 0.6) is 17.2 Å². The molecule has 1 amide bonds. The second-order valence-electron chi connectivity index (χ2n) is 9.82. The van der Waals surface area contributed by atoms with Crippen LogP contribution in [0.15, 0.2) is 54.6 Å². The maximum Gasteiger partial charge on any atom is 0.422 e. The molecule has 0 aliphatic carbocycles. The molecule has 1 aliphatic heterocycles. The first-order valence-corrected chi connectivity index (χ1v) is 13.9. The van der Waals surface area contributed by atoms with E-state index in [0.29, 0.717) is 53.0 Å². The summed E-state index contributed by atoms with van der Waals surface area (Å²) in [6.45, 7) is 1.72. The Labute approximate surface area is 247 Å². The van der Waals surface area contributed by atoms with Crippen molar-refractivity contribution in [1.29, 1.82) is 0 Å². The fraction of sp³-hybridized carbons (Fsp3) is 0.367. The number of carbonyl (C=O) groups is 1. The van der Waals surface area contributed by atoms with E-state index in [1.54, 1.807) is 29.2 Å². The van der Waals surface area contributed by atoms with Crippen LogP contribution in [0.3, 0.4) is 0 Å². The molecule has 0 radical (unpaired) electrons. The van der Waals surface area contributed by atoms with Gasteiger partial charge in [0, 0.05) is 18.8 Å². The van der Waals surface area contributed by atoms with Crippen molar-refractivity contribution in [2.75, 3.05) is 37.8 Å². The van der Waals surface area contributed by atoms with Crippen LogP contribution in [0.25, 0.3) is 0 Å². The van der Waals surface area contributed by atoms with Gasteiger partial charge in [-0.1, -0.05) is 35.3 Å². The summed E-state index contributed by atoms with van der Waals surface area (Å²) in [4.78, 5) is 15.1. The number of rotatable bonds is 11. The van der Waals surface area contributed by atoms with Crippen LogP contribution >= 0.6 is 23.2 Å². The van der Waals surface area contributed by atoms with E-state index in [0.717, 1.165) is 16.7 Å². The van der Waals surface area contributed by atoms with Crippen molar-refractivity contribution < 1.29 is 32.2 Å². The summed E-state index contributed by atoms with van der Waals surface area (Å²) in [5.41, 5.74) is 9.32. The Hall–Kier alpha value is -3.14. The number of amides is 1. The summed E-state index contributed by atoms with van der Waals surface area (Å²) in [5.74, 6) is 0.599. The molecular formula is C30H31Cl2F3N2O4. The quantitative estimate of drug-likeness (QED) is 0.242. The standard InChI is InChI=1S/C30H31Cl2F3N2O4/c1-19-13-25(31)28(26(32)14-19)40-12-11-39-23-6-4-20(5-7-23)15-22(17-36)29(38)37-10-2-3-21-16-24(8-9-27(21)37)41-18-30(33,34)35/h4-9,13-14,16,22H,2-3,10-12,15,17-18,36H2,1H3. The van der Waals surface area contributed by atoms with Crippen LogP contribution in [-0.4, -0.2) is 45.0 Å². The van der Waals surface area contributed by atoms with E-state index in [2.05, 4.69) is 0 Å². The molecule has 1 heterocycles. The largest absolute Gasteiger partial charge is 0.490 e. The molecule has 41 heavy (non-hydrogen) atoms. The second kappa shape index (κ2) is 13.7. The average Bonchev–Trinajstić information content (AvgIpc) is 2.93. The summed E-state index contributed by atoms with van der Waals surface area (Å²) in [6.07, 6.45) is -2.65. The number of nitrogens with two attached hydrogens (primary N) is 1. The number of ether oxygens (including phenoxy) is 3. The SMILES string of the molecule is Cc1cc(Cl)c(OCCOc2ccc(CC(CN)C(=O)N3CCCc4cc(OCC(F)(F)F)ccc43)cc2)c(Cl)c1. The Balaban J connectivity index is 1.32. The number of anilines is 1. The molecule has 0 saturated carbocycles. The molecule has 1 atom stereocenters. The van der Waals surface area contributed by atoms with Gasteiger partial charge < -0.3 is 24.8 Å². The number of fused-ring (bicyclic) bond motifs is 1. The number of nitrogens with zero attached hydrogens (tertiary/aromatic N) is 1. The summed E-state index contributed by atoms with van der Waals surface area (Å²) in [5, 5.41) is 0.882. The lowest BCUT2D eigenvalue weighted by Crippen LogP contribution is -2.42. The van der Waals surface area contributed by atoms with Crippen molar-refractivity contribution in [3.05, 3.63) is 81.3 Å². The third-order valence-electron chi connectivity index (χ3n) is 6.62. The van der Waals surface area contributed by atoms with E-state index < -0.39 is 18.7 Å². The Morgan fingerprint density at radius 3 is 2.29 bits per heavy atom. The van der Waals surface area contributed by atoms with E-state index in [-0.39, 0.29) is 31.4 Å². The number of benzene rings is 3. The molecule has 0 saturated heterocycles. The molecule has 2 N–H and O–H groups in total. The minimum Gasteiger partial charge on any atom is -0.490 e. The van der Waals surface area contributed by atoms with Crippen molar-refractivity contribution in [3.8, 4) is 17.2 Å². The number of carbonyl (C=O) groups excluding carboxylic acids is 1. The van der Waals surface area contributed by atoms with Gasteiger partial charge in [0.15, 0.2) is 12.4 Å². The van der Waals surface area contributed by atoms with Crippen molar-refractivity contribution in [1.82, 2.24) is 0 Å². The molecule has 0 bridgehead atoms. The third-order valence-corrected chi connectivity index (χ3v) is 7.18. The average molecular weight is 611 g/mol. The van der Waals surface area contributed by atoms with Gasteiger partial charge in [-0.2, -0.15) is 13.2 Å². The second-order valence-corrected chi connectivity index (χ2v) is 10.6. The molecule has 220 valence electrons. The lowest BCUT2D eigenvalue weighted by atomic mass is 9.95. The molecule has 1 unspecified atom stereocenters. The lowest BCUT2D eigenvalue weighted by Gasteiger charge is -2.32. The van der Waals surface area contributed by atoms with E-state index in [1.807, 2.05) is 31.2 Å². The highest BCUT2D eigenvalue weighted by Gasteiger charge is 2.30. The van der Waals surface area contributed by atoms with Crippen molar-refractivity contribution in [2.24, 2.45) is 11.7 Å². The number of hydrogen-bond acceptors (Lipinski definition) is 5. The van der Waals surface area contributed by atoms with Crippen LogP contribution in [0.4, 0.5) is 18.9 Å². The van der Waals surface area contributed by atoms with Gasteiger partial charge in [-0.3, -0.25) is 4.79 Å². The van der Waals surface area contributed by atoms with Crippen molar-refractivity contribution in [3.63, 3.8) is 0 Å². The van der Waals surface area contributed by atoms with Crippen LogP contribution < -0.4 is 24.8 Å². The van der Waals surface area contributed by atoms with Gasteiger partial charge in [0.25, 0.3) is 0 Å². The van der Waals surface area contributed by atoms with E-state index in [4.69, 9.17) is 43.1 Å². The van der Waals surface area contributed by atoms with E-state index in [9.17, 15) is 18.0 Å². The molecule has 4 rings (SSSR count). The first kappa shape index (κ1) is 30.8. The summed E-state index contributed by atoms with van der Waals surface area (Å²) < 4.78 is 53.9. The molecule has 6 nitrogen and oxygen atoms in total.